The summed E-state index contributed by atoms with van der Waals surface area (Å²) in [5.41, 5.74) is 2.87. The zero-order valence-corrected chi connectivity index (χ0v) is 22.9. The molecule has 202 valence electrons. The SMILES string of the molecule is c1ccc2c(c1)op(O[C@@H]1COC3C1OC[C@H]3Op1oc3ccccc3c3ccccc3o1)oc1ccccc12. The van der Waals surface area contributed by atoms with E-state index in [2.05, 4.69) is 0 Å². The number of fused-ring (bicyclic) bond motifs is 7. The van der Waals surface area contributed by atoms with Crippen molar-refractivity contribution in [2.45, 2.75) is 24.4 Å². The third-order valence-corrected chi connectivity index (χ3v) is 9.49. The third-order valence-electron chi connectivity index (χ3n) is 7.23. The first kappa shape index (κ1) is 24.3. The van der Waals surface area contributed by atoms with Crippen LogP contribution in [0.15, 0.2) is 114 Å². The first-order valence-corrected chi connectivity index (χ1v) is 15.2. The van der Waals surface area contributed by atoms with Gasteiger partial charge in [0.05, 0.1) is 13.2 Å². The van der Waals surface area contributed by atoms with E-state index in [-0.39, 0.29) is 24.4 Å². The maximum Gasteiger partial charge on any atom is 0.387 e. The summed E-state index contributed by atoms with van der Waals surface area (Å²) >= 11 is 0. The van der Waals surface area contributed by atoms with Crippen molar-refractivity contribution < 1.29 is 35.3 Å². The smallest absolute Gasteiger partial charge is 0.387 e. The van der Waals surface area contributed by atoms with Crippen molar-refractivity contribution in [2.75, 3.05) is 13.2 Å². The molecule has 10 heteroatoms. The number of ether oxygens (including phenoxy) is 2. The molecule has 0 spiro atoms. The highest BCUT2D eigenvalue weighted by atomic mass is 31.1. The Bertz CT molecular complexity index is 1680. The molecule has 2 unspecified atom stereocenters. The molecule has 6 aromatic rings. The van der Waals surface area contributed by atoms with E-state index in [1.807, 2.05) is 97.1 Å². The number of rotatable bonds is 4. The van der Waals surface area contributed by atoms with Crippen molar-refractivity contribution in [2.24, 2.45) is 0 Å². The zero-order valence-electron chi connectivity index (χ0n) is 21.1. The molecule has 4 heterocycles. The summed E-state index contributed by atoms with van der Waals surface area (Å²) in [7, 11) is -3.49. The van der Waals surface area contributed by atoms with E-state index < -0.39 is 16.5 Å². The molecule has 4 atom stereocenters. The van der Waals surface area contributed by atoms with Gasteiger partial charge >= 0.3 is 16.5 Å². The second-order valence-corrected chi connectivity index (χ2v) is 11.7. The highest BCUT2D eigenvalue weighted by molar-refractivity contribution is 7.32. The van der Waals surface area contributed by atoms with Crippen LogP contribution in [0, 0.1) is 0 Å². The van der Waals surface area contributed by atoms with Gasteiger partial charge in [0, 0.05) is 21.5 Å². The quantitative estimate of drug-likeness (QED) is 0.209. The predicted octanol–water partition coefficient (Wildman–Crippen LogP) is 7.99. The molecule has 4 aromatic carbocycles. The molecule has 40 heavy (non-hydrogen) atoms. The summed E-state index contributed by atoms with van der Waals surface area (Å²) in [6.45, 7) is 0.657. The molecule has 0 N–H and O–H groups in total. The van der Waals surface area contributed by atoms with Crippen molar-refractivity contribution >= 4 is 60.4 Å². The maximum absolute atomic E-state index is 6.37. The monoisotopic (exact) mass is 574 g/mol. The van der Waals surface area contributed by atoms with E-state index in [0.29, 0.717) is 35.5 Å². The van der Waals surface area contributed by atoms with Gasteiger partial charge in [-0.1, -0.05) is 72.8 Å². The van der Waals surface area contributed by atoms with E-state index in [9.17, 15) is 0 Å². The molecule has 2 saturated heterocycles. The topological polar surface area (TPSA) is 89.5 Å². The van der Waals surface area contributed by atoms with Crippen LogP contribution in [0.1, 0.15) is 0 Å². The van der Waals surface area contributed by atoms with E-state index in [1.165, 1.54) is 0 Å². The zero-order chi connectivity index (χ0) is 26.5. The van der Waals surface area contributed by atoms with Crippen molar-refractivity contribution in [3.63, 3.8) is 0 Å². The molecule has 2 aromatic heterocycles. The second kappa shape index (κ2) is 10.2. The van der Waals surface area contributed by atoms with Crippen molar-refractivity contribution in [3.8, 4) is 0 Å². The Kier molecular flexibility index (Phi) is 6.18. The lowest BCUT2D eigenvalue weighted by molar-refractivity contribution is 0.0401. The molecular weight excluding hydrogens is 550 g/mol. The van der Waals surface area contributed by atoms with Crippen LogP contribution in [0.25, 0.3) is 43.9 Å². The maximum atomic E-state index is 6.37. The van der Waals surface area contributed by atoms with Gasteiger partial charge in [0.2, 0.25) is 0 Å². The highest BCUT2D eigenvalue weighted by Crippen LogP contribution is 2.40. The van der Waals surface area contributed by atoms with Crippen LogP contribution in [-0.2, 0) is 9.47 Å². The summed E-state index contributed by atoms with van der Waals surface area (Å²) in [6, 6.07) is 31.4. The van der Waals surface area contributed by atoms with Gasteiger partial charge in [-0.3, -0.25) is 9.05 Å². The normalized spacial score (nSPS) is 22.3. The van der Waals surface area contributed by atoms with E-state index >= 15 is 0 Å². The van der Waals surface area contributed by atoms with Crippen molar-refractivity contribution in [1.82, 2.24) is 0 Å². The molecule has 2 aliphatic rings. The van der Waals surface area contributed by atoms with Crippen LogP contribution < -0.4 is 9.05 Å². The van der Waals surface area contributed by atoms with Crippen LogP contribution in [0.4, 0.5) is 0 Å². The lowest BCUT2D eigenvalue weighted by atomic mass is 10.1. The highest BCUT2D eigenvalue weighted by Gasteiger charge is 2.50. The summed E-state index contributed by atoms with van der Waals surface area (Å²) in [4.78, 5) is 0. The molecule has 0 bridgehead atoms. The van der Waals surface area contributed by atoms with Crippen LogP contribution in [0.5, 0.6) is 0 Å². The molecule has 0 radical (unpaired) electrons. The Balaban J connectivity index is 1.08. The van der Waals surface area contributed by atoms with Gasteiger partial charge in [-0.15, -0.1) is 0 Å². The average molecular weight is 574 g/mol. The molecule has 0 aliphatic carbocycles. The molecule has 8 rings (SSSR count). The third kappa shape index (κ3) is 4.34. The predicted molar refractivity (Wildman–Crippen MR) is 153 cm³/mol. The van der Waals surface area contributed by atoms with E-state index in [4.69, 9.17) is 35.3 Å². The average Bonchev–Trinajstić information content (AvgIpc) is 3.47. The first-order valence-electron chi connectivity index (χ1n) is 13.1. The Hall–Kier alpha value is -3.48. The lowest BCUT2D eigenvalue weighted by Gasteiger charge is -2.15. The van der Waals surface area contributed by atoms with Crippen molar-refractivity contribution in [3.05, 3.63) is 97.1 Å². The molecule has 2 aliphatic heterocycles. The summed E-state index contributed by atoms with van der Waals surface area (Å²) in [5, 5.41) is 3.86. The molecule has 2 fully saturated rings. The first-order chi connectivity index (χ1) is 19.8. The van der Waals surface area contributed by atoms with Gasteiger partial charge in [-0.2, -0.15) is 0 Å². The van der Waals surface area contributed by atoms with Crippen molar-refractivity contribution in [1.29, 1.82) is 0 Å². The van der Waals surface area contributed by atoms with E-state index in [1.54, 1.807) is 0 Å². The minimum Gasteiger partial charge on any atom is -0.399 e. The summed E-state index contributed by atoms with van der Waals surface area (Å²) in [6.07, 6.45) is -1.44. The lowest BCUT2D eigenvalue weighted by Crippen LogP contribution is -2.35. The molecule has 8 nitrogen and oxygen atoms in total. The van der Waals surface area contributed by atoms with Gasteiger partial charge in [-0.25, -0.2) is 0 Å². The van der Waals surface area contributed by atoms with Crippen LogP contribution in [0.3, 0.4) is 0 Å². The molecule has 0 saturated carbocycles. The Morgan fingerprint density at radius 1 is 0.450 bits per heavy atom. The Morgan fingerprint density at radius 2 is 0.750 bits per heavy atom. The Morgan fingerprint density at radius 3 is 1.07 bits per heavy atom. The number of benzene rings is 4. The van der Waals surface area contributed by atoms with Gasteiger partial charge in [0.15, 0.2) is 0 Å². The minimum atomic E-state index is -1.74. The number of para-hydroxylation sites is 4. The Labute approximate surface area is 230 Å². The fourth-order valence-electron chi connectivity index (χ4n) is 5.35. The minimum absolute atomic E-state index is 0.329. The molecule has 0 amide bonds. The fourth-order valence-corrected chi connectivity index (χ4v) is 7.68. The number of hydrogen-bond donors (Lipinski definition) is 0. The van der Waals surface area contributed by atoms with Crippen LogP contribution in [-0.4, -0.2) is 37.6 Å². The second-order valence-electron chi connectivity index (χ2n) is 9.68. The van der Waals surface area contributed by atoms with Crippen LogP contribution >= 0.6 is 16.5 Å². The molecular formula is C30H24O8P2. The van der Waals surface area contributed by atoms with Crippen LogP contribution in [0.2, 0.25) is 0 Å². The van der Waals surface area contributed by atoms with E-state index in [0.717, 1.165) is 21.5 Å². The summed E-state index contributed by atoms with van der Waals surface area (Å²) in [5.74, 6) is 0. The number of hydrogen-bond acceptors (Lipinski definition) is 8. The fraction of sp³-hybridized carbons (Fsp3) is 0.200. The van der Waals surface area contributed by atoms with Gasteiger partial charge in [-0.05, 0) is 24.3 Å². The standard InChI is InChI=1S/C30H24O8P2/c1-5-13-23-19(9-1)20-10-2-6-14-24(20)34-39(33-23)37-27-17-31-30-28(18-32-29(27)30)38-40-35-25-15-7-3-11-21(25)22-12-4-8-16-26(22)36-40/h1-16,27-30H,17-18H2/t27-,28-,29?,30?/m1/s1. The largest absolute Gasteiger partial charge is 0.399 e. The summed E-state index contributed by atoms with van der Waals surface area (Å²) < 4.78 is 49.9. The van der Waals surface area contributed by atoms with Gasteiger partial charge < -0.3 is 26.3 Å². The van der Waals surface area contributed by atoms with Gasteiger partial charge in [0.25, 0.3) is 0 Å². The van der Waals surface area contributed by atoms with Gasteiger partial charge in [0.1, 0.15) is 46.7 Å².